The summed E-state index contributed by atoms with van der Waals surface area (Å²) in [5.74, 6) is -0.917. The highest BCUT2D eigenvalue weighted by Crippen LogP contribution is 2.22. The van der Waals surface area contributed by atoms with Crippen molar-refractivity contribution < 1.29 is 29.1 Å². The maximum atomic E-state index is 11.9. The fourth-order valence-corrected chi connectivity index (χ4v) is 1.84. The van der Waals surface area contributed by atoms with Crippen molar-refractivity contribution in [2.75, 3.05) is 7.11 Å². The second-order valence-electron chi connectivity index (χ2n) is 5.94. The van der Waals surface area contributed by atoms with Crippen molar-refractivity contribution >= 4 is 17.7 Å². The zero-order chi connectivity index (χ0) is 18.5. The first-order chi connectivity index (χ1) is 11.0. The second-order valence-corrected chi connectivity index (χ2v) is 5.94. The summed E-state index contributed by atoms with van der Waals surface area (Å²) in [7, 11) is 1.09. The number of non-ortho nitro benzene ring substituents is 1. The molecule has 0 saturated carbocycles. The number of carbonyl (C=O) groups is 2. The fraction of sp³-hybridized carbons (Fsp3) is 0.467. The Morgan fingerprint density at radius 3 is 2.46 bits per heavy atom. The van der Waals surface area contributed by atoms with Crippen molar-refractivity contribution in [2.45, 2.75) is 38.5 Å². The van der Waals surface area contributed by atoms with Crippen LogP contribution in [0.2, 0.25) is 0 Å². The molecule has 1 aromatic carbocycles. The number of nitrogens with one attached hydrogen (secondary N) is 1. The Balaban J connectivity index is 3.03. The van der Waals surface area contributed by atoms with Gasteiger partial charge < -0.3 is 19.9 Å². The lowest BCUT2D eigenvalue weighted by atomic mass is 10.0. The predicted octanol–water partition coefficient (Wildman–Crippen LogP) is 1.69. The van der Waals surface area contributed by atoms with Gasteiger partial charge in [-0.2, -0.15) is 0 Å². The Morgan fingerprint density at radius 1 is 1.33 bits per heavy atom. The molecule has 1 amide bonds. The van der Waals surface area contributed by atoms with E-state index in [1.807, 2.05) is 0 Å². The Labute approximate surface area is 138 Å². The average Bonchev–Trinajstić information content (AvgIpc) is 2.49. The molecule has 2 atom stereocenters. The van der Waals surface area contributed by atoms with Gasteiger partial charge in [-0.15, -0.1) is 0 Å². The summed E-state index contributed by atoms with van der Waals surface area (Å²) in [5, 5.41) is 23.4. The highest BCUT2D eigenvalue weighted by Gasteiger charge is 2.33. The molecule has 9 nitrogen and oxygen atoms in total. The number of aliphatic hydroxyl groups is 1. The van der Waals surface area contributed by atoms with Gasteiger partial charge >= 0.3 is 12.1 Å². The van der Waals surface area contributed by atoms with Crippen molar-refractivity contribution in [1.82, 2.24) is 5.32 Å². The number of nitro groups is 1. The van der Waals surface area contributed by atoms with Crippen LogP contribution in [-0.4, -0.2) is 40.8 Å². The van der Waals surface area contributed by atoms with Crippen LogP contribution in [0.3, 0.4) is 0 Å². The van der Waals surface area contributed by atoms with Gasteiger partial charge in [-0.1, -0.05) is 12.1 Å². The number of hydrogen-bond acceptors (Lipinski definition) is 7. The van der Waals surface area contributed by atoms with Gasteiger partial charge in [0.15, 0.2) is 6.04 Å². The molecule has 1 rings (SSSR count). The minimum absolute atomic E-state index is 0.0793. The van der Waals surface area contributed by atoms with Gasteiger partial charge in [-0.25, -0.2) is 9.59 Å². The molecule has 0 spiro atoms. The van der Waals surface area contributed by atoms with Gasteiger partial charge in [0.25, 0.3) is 5.69 Å². The SMILES string of the molecule is COC(=O)C(NC(=O)OC(C)(C)C)C(O)c1cccc([N+](=O)[O-])c1. The smallest absolute Gasteiger partial charge is 0.408 e. The van der Waals surface area contributed by atoms with E-state index in [2.05, 4.69) is 10.1 Å². The topological polar surface area (TPSA) is 128 Å². The van der Waals surface area contributed by atoms with E-state index in [-0.39, 0.29) is 11.3 Å². The fourth-order valence-electron chi connectivity index (χ4n) is 1.84. The van der Waals surface area contributed by atoms with E-state index in [4.69, 9.17) is 4.74 Å². The number of carbonyl (C=O) groups excluding carboxylic acids is 2. The molecular formula is C15H20N2O7. The first kappa shape index (κ1) is 19.4. The predicted molar refractivity (Wildman–Crippen MR) is 83.2 cm³/mol. The number of amides is 1. The monoisotopic (exact) mass is 340 g/mol. The number of ether oxygens (including phenoxy) is 2. The van der Waals surface area contributed by atoms with Crippen LogP contribution in [0.4, 0.5) is 10.5 Å². The summed E-state index contributed by atoms with van der Waals surface area (Å²) in [6.45, 7) is 4.91. The maximum absolute atomic E-state index is 11.9. The van der Waals surface area contributed by atoms with Crippen LogP contribution in [-0.2, 0) is 14.3 Å². The van der Waals surface area contributed by atoms with Gasteiger partial charge in [0.1, 0.15) is 11.7 Å². The first-order valence-corrected chi connectivity index (χ1v) is 7.05. The van der Waals surface area contributed by atoms with Crippen molar-refractivity contribution in [1.29, 1.82) is 0 Å². The molecule has 24 heavy (non-hydrogen) atoms. The summed E-state index contributed by atoms with van der Waals surface area (Å²) < 4.78 is 9.59. The van der Waals surface area contributed by atoms with Crippen LogP contribution in [0.15, 0.2) is 24.3 Å². The number of esters is 1. The molecule has 132 valence electrons. The Kier molecular flexibility index (Phi) is 6.24. The Hall–Kier alpha value is -2.68. The van der Waals surface area contributed by atoms with Crippen LogP contribution in [0.1, 0.15) is 32.4 Å². The van der Waals surface area contributed by atoms with Crippen molar-refractivity contribution in [3.63, 3.8) is 0 Å². The minimum Gasteiger partial charge on any atom is -0.467 e. The lowest BCUT2D eigenvalue weighted by Crippen LogP contribution is -2.47. The van der Waals surface area contributed by atoms with Crippen LogP contribution in [0.5, 0.6) is 0 Å². The van der Waals surface area contributed by atoms with Crippen LogP contribution < -0.4 is 5.32 Å². The van der Waals surface area contributed by atoms with E-state index in [0.29, 0.717) is 0 Å². The lowest BCUT2D eigenvalue weighted by molar-refractivity contribution is -0.385. The van der Waals surface area contributed by atoms with E-state index in [0.717, 1.165) is 13.2 Å². The molecule has 0 aliphatic rings. The number of rotatable bonds is 5. The van der Waals surface area contributed by atoms with Gasteiger partial charge in [-0.05, 0) is 26.3 Å². The highest BCUT2D eigenvalue weighted by molar-refractivity contribution is 5.82. The molecule has 0 aliphatic carbocycles. The summed E-state index contributed by atoms with van der Waals surface area (Å²) in [6.07, 6.45) is -2.48. The lowest BCUT2D eigenvalue weighted by Gasteiger charge is -2.25. The Bertz CT molecular complexity index is 624. The third-order valence-electron chi connectivity index (χ3n) is 2.87. The van der Waals surface area contributed by atoms with E-state index < -0.39 is 34.7 Å². The number of benzene rings is 1. The highest BCUT2D eigenvalue weighted by atomic mass is 16.6. The molecule has 2 N–H and O–H groups in total. The third kappa shape index (κ3) is 5.51. The average molecular weight is 340 g/mol. The zero-order valence-corrected chi connectivity index (χ0v) is 13.8. The Morgan fingerprint density at radius 2 is 1.96 bits per heavy atom. The molecule has 0 radical (unpaired) electrons. The van der Waals surface area contributed by atoms with Crippen LogP contribution in [0.25, 0.3) is 0 Å². The van der Waals surface area contributed by atoms with Crippen LogP contribution >= 0.6 is 0 Å². The van der Waals surface area contributed by atoms with Crippen molar-refractivity contribution in [2.24, 2.45) is 0 Å². The van der Waals surface area contributed by atoms with Gasteiger partial charge in [0.05, 0.1) is 12.0 Å². The molecule has 0 aromatic heterocycles. The number of nitro benzene ring substituents is 1. The molecule has 0 heterocycles. The summed E-state index contributed by atoms with van der Waals surface area (Å²) in [6, 6.07) is 3.62. The van der Waals surface area contributed by atoms with Crippen molar-refractivity contribution in [3.8, 4) is 0 Å². The number of methoxy groups -OCH3 is 1. The maximum Gasteiger partial charge on any atom is 0.408 e. The molecular weight excluding hydrogens is 320 g/mol. The largest absolute Gasteiger partial charge is 0.467 e. The molecule has 1 aromatic rings. The van der Waals surface area contributed by atoms with Gasteiger partial charge in [-0.3, -0.25) is 10.1 Å². The molecule has 0 fully saturated rings. The molecule has 0 saturated heterocycles. The standard InChI is InChI=1S/C15H20N2O7/c1-15(2,3)24-14(20)16-11(13(19)23-4)12(18)9-6-5-7-10(8-9)17(21)22/h5-8,11-12,18H,1-4H3,(H,16,20). The number of hydrogen-bond donors (Lipinski definition) is 2. The summed E-state index contributed by atoms with van der Waals surface area (Å²) in [5.41, 5.74) is -0.982. The van der Waals surface area contributed by atoms with E-state index in [1.165, 1.54) is 18.2 Å². The van der Waals surface area contributed by atoms with Gasteiger partial charge in [0, 0.05) is 12.1 Å². The summed E-state index contributed by atoms with van der Waals surface area (Å²) in [4.78, 5) is 33.9. The van der Waals surface area contributed by atoms with E-state index in [1.54, 1.807) is 20.8 Å². The van der Waals surface area contributed by atoms with Crippen LogP contribution in [0, 0.1) is 10.1 Å². The first-order valence-electron chi connectivity index (χ1n) is 7.05. The third-order valence-corrected chi connectivity index (χ3v) is 2.87. The number of alkyl carbamates (subject to hydrolysis) is 1. The van der Waals surface area contributed by atoms with E-state index in [9.17, 15) is 24.8 Å². The number of nitrogens with zero attached hydrogens (tertiary/aromatic N) is 1. The molecule has 2 unspecified atom stereocenters. The molecule has 0 aliphatic heterocycles. The summed E-state index contributed by atoms with van der Waals surface area (Å²) >= 11 is 0. The quantitative estimate of drug-likeness (QED) is 0.474. The normalized spacial score (nSPS) is 13.5. The zero-order valence-electron chi connectivity index (χ0n) is 13.8. The van der Waals surface area contributed by atoms with E-state index >= 15 is 0 Å². The van der Waals surface area contributed by atoms with Gasteiger partial charge in [0.2, 0.25) is 0 Å². The number of aliphatic hydroxyl groups excluding tert-OH is 1. The molecule has 0 bridgehead atoms. The van der Waals surface area contributed by atoms with Crippen molar-refractivity contribution in [3.05, 3.63) is 39.9 Å². The second kappa shape index (κ2) is 7.73. The minimum atomic E-state index is -1.55. The molecule has 9 heteroatoms.